The summed E-state index contributed by atoms with van der Waals surface area (Å²) in [6, 6.07) is 18.8. The van der Waals surface area contributed by atoms with Crippen molar-refractivity contribution in [1.29, 1.82) is 0 Å². The standard InChI is InChI=1S/C17H21ClN2/c1-20(13-15-8-5-9-16(18)10-15)17(12-19)11-14-6-3-2-4-7-14/h2-10,17H,11-13,19H2,1H3. The van der Waals surface area contributed by atoms with E-state index in [9.17, 15) is 0 Å². The predicted octanol–water partition coefficient (Wildman–Crippen LogP) is 3.34. The number of hydrogen-bond donors (Lipinski definition) is 1. The van der Waals surface area contributed by atoms with Crippen LogP contribution < -0.4 is 5.73 Å². The van der Waals surface area contributed by atoms with Crippen molar-refractivity contribution in [3.05, 3.63) is 70.7 Å². The number of rotatable bonds is 6. The van der Waals surface area contributed by atoms with E-state index in [1.807, 2.05) is 24.3 Å². The lowest BCUT2D eigenvalue weighted by Gasteiger charge is -2.27. The van der Waals surface area contributed by atoms with Crippen LogP contribution >= 0.6 is 11.6 Å². The Hall–Kier alpha value is -1.35. The molecule has 0 heterocycles. The first-order chi connectivity index (χ1) is 9.69. The molecule has 0 aromatic heterocycles. The van der Waals surface area contributed by atoms with Crippen LogP contribution in [0.1, 0.15) is 11.1 Å². The second-order valence-electron chi connectivity index (χ2n) is 5.12. The van der Waals surface area contributed by atoms with E-state index in [0.717, 1.165) is 18.0 Å². The van der Waals surface area contributed by atoms with Gasteiger partial charge in [-0.15, -0.1) is 0 Å². The Morgan fingerprint density at radius 2 is 1.75 bits per heavy atom. The summed E-state index contributed by atoms with van der Waals surface area (Å²) in [5, 5.41) is 0.781. The summed E-state index contributed by atoms with van der Waals surface area (Å²) in [5.41, 5.74) is 8.47. The molecule has 0 bridgehead atoms. The molecule has 2 nitrogen and oxygen atoms in total. The first-order valence-corrected chi connectivity index (χ1v) is 7.25. The first kappa shape index (κ1) is 15.0. The fourth-order valence-corrected chi connectivity index (χ4v) is 2.57. The summed E-state index contributed by atoms with van der Waals surface area (Å²) >= 11 is 6.03. The molecule has 0 fully saturated rings. The van der Waals surface area contributed by atoms with Gasteiger partial charge in [-0.25, -0.2) is 0 Å². The van der Waals surface area contributed by atoms with Crippen LogP contribution in [0.4, 0.5) is 0 Å². The van der Waals surface area contributed by atoms with Crippen molar-refractivity contribution in [1.82, 2.24) is 4.90 Å². The molecule has 1 atom stereocenters. The topological polar surface area (TPSA) is 29.3 Å². The van der Waals surface area contributed by atoms with Gasteiger partial charge in [-0.2, -0.15) is 0 Å². The monoisotopic (exact) mass is 288 g/mol. The molecule has 106 valence electrons. The molecule has 1 unspecified atom stereocenters. The minimum absolute atomic E-state index is 0.330. The van der Waals surface area contributed by atoms with E-state index in [0.29, 0.717) is 12.6 Å². The van der Waals surface area contributed by atoms with E-state index in [2.05, 4.69) is 42.3 Å². The summed E-state index contributed by atoms with van der Waals surface area (Å²) in [4.78, 5) is 2.29. The van der Waals surface area contributed by atoms with Crippen LogP contribution in [0.3, 0.4) is 0 Å². The first-order valence-electron chi connectivity index (χ1n) is 6.87. The van der Waals surface area contributed by atoms with Gasteiger partial charge in [0.1, 0.15) is 0 Å². The van der Waals surface area contributed by atoms with Gasteiger partial charge in [0.2, 0.25) is 0 Å². The molecule has 2 rings (SSSR count). The number of likely N-dealkylation sites (N-methyl/N-ethyl adjacent to an activating group) is 1. The van der Waals surface area contributed by atoms with Crippen LogP contribution in [-0.2, 0) is 13.0 Å². The molecule has 0 aliphatic carbocycles. The van der Waals surface area contributed by atoms with Gasteiger partial charge in [0.05, 0.1) is 0 Å². The summed E-state index contributed by atoms with van der Waals surface area (Å²) in [7, 11) is 2.11. The van der Waals surface area contributed by atoms with Crippen molar-refractivity contribution in [2.75, 3.05) is 13.6 Å². The molecule has 0 radical (unpaired) electrons. The third-order valence-electron chi connectivity index (χ3n) is 3.53. The maximum Gasteiger partial charge on any atom is 0.0409 e. The molecule has 0 amide bonds. The molecular formula is C17H21ClN2. The molecule has 2 aromatic rings. The minimum Gasteiger partial charge on any atom is -0.329 e. The average Bonchev–Trinajstić information content (AvgIpc) is 2.45. The average molecular weight is 289 g/mol. The molecule has 0 aliphatic heterocycles. The molecule has 2 aromatic carbocycles. The highest BCUT2D eigenvalue weighted by atomic mass is 35.5. The van der Waals surface area contributed by atoms with Gasteiger partial charge < -0.3 is 5.73 Å². The number of benzene rings is 2. The maximum absolute atomic E-state index is 6.03. The van der Waals surface area contributed by atoms with Crippen LogP contribution in [0.2, 0.25) is 5.02 Å². The largest absolute Gasteiger partial charge is 0.329 e. The van der Waals surface area contributed by atoms with Crippen molar-refractivity contribution in [2.45, 2.75) is 19.0 Å². The molecule has 0 aliphatic rings. The highest BCUT2D eigenvalue weighted by molar-refractivity contribution is 6.30. The fourth-order valence-electron chi connectivity index (χ4n) is 2.36. The van der Waals surface area contributed by atoms with Gasteiger partial charge >= 0.3 is 0 Å². The number of nitrogens with two attached hydrogens (primary N) is 1. The van der Waals surface area contributed by atoms with Crippen molar-refractivity contribution in [3.63, 3.8) is 0 Å². The number of halogens is 1. The highest BCUT2D eigenvalue weighted by Gasteiger charge is 2.14. The van der Waals surface area contributed by atoms with Gasteiger partial charge in [-0.1, -0.05) is 54.1 Å². The maximum atomic E-state index is 6.03. The van der Waals surface area contributed by atoms with Crippen LogP contribution in [0.15, 0.2) is 54.6 Å². The Bertz CT molecular complexity index is 528. The predicted molar refractivity (Wildman–Crippen MR) is 85.9 cm³/mol. The Morgan fingerprint density at radius 1 is 1.05 bits per heavy atom. The lowest BCUT2D eigenvalue weighted by Crippen LogP contribution is -2.39. The number of hydrogen-bond acceptors (Lipinski definition) is 2. The van der Waals surface area contributed by atoms with E-state index in [1.165, 1.54) is 11.1 Å². The van der Waals surface area contributed by atoms with Gasteiger partial charge in [0.15, 0.2) is 0 Å². The molecule has 0 spiro atoms. The Labute approximate surface area is 126 Å². The van der Waals surface area contributed by atoms with E-state index >= 15 is 0 Å². The zero-order valence-corrected chi connectivity index (χ0v) is 12.6. The lowest BCUT2D eigenvalue weighted by molar-refractivity contribution is 0.237. The third kappa shape index (κ3) is 4.34. The fraction of sp³-hybridized carbons (Fsp3) is 0.294. The second-order valence-corrected chi connectivity index (χ2v) is 5.56. The summed E-state index contributed by atoms with van der Waals surface area (Å²) < 4.78 is 0. The molecular weight excluding hydrogens is 268 g/mol. The van der Waals surface area contributed by atoms with Gasteiger partial charge in [-0.3, -0.25) is 4.90 Å². The summed E-state index contributed by atoms with van der Waals surface area (Å²) in [5.74, 6) is 0. The van der Waals surface area contributed by atoms with Crippen LogP contribution in [0, 0.1) is 0 Å². The van der Waals surface area contributed by atoms with Crippen LogP contribution in [0.25, 0.3) is 0 Å². The summed E-state index contributed by atoms with van der Waals surface area (Å²) in [6.45, 7) is 1.50. The molecule has 0 saturated carbocycles. The summed E-state index contributed by atoms with van der Waals surface area (Å²) in [6.07, 6.45) is 0.967. The zero-order chi connectivity index (χ0) is 14.4. The number of nitrogens with zero attached hydrogens (tertiary/aromatic N) is 1. The zero-order valence-electron chi connectivity index (χ0n) is 11.8. The van der Waals surface area contributed by atoms with Gasteiger partial charge in [0, 0.05) is 24.2 Å². The van der Waals surface area contributed by atoms with Crippen molar-refractivity contribution in [3.8, 4) is 0 Å². The lowest BCUT2D eigenvalue weighted by atomic mass is 10.0. The van der Waals surface area contributed by atoms with E-state index in [1.54, 1.807) is 0 Å². The molecule has 20 heavy (non-hydrogen) atoms. The Morgan fingerprint density at radius 3 is 2.40 bits per heavy atom. The SMILES string of the molecule is CN(Cc1cccc(Cl)c1)C(CN)Cc1ccccc1. The third-order valence-corrected chi connectivity index (χ3v) is 3.77. The van der Waals surface area contributed by atoms with Crippen LogP contribution in [0.5, 0.6) is 0 Å². The van der Waals surface area contributed by atoms with Crippen molar-refractivity contribution >= 4 is 11.6 Å². The Balaban J connectivity index is 2.00. The van der Waals surface area contributed by atoms with Crippen molar-refractivity contribution in [2.24, 2.45) is 5.73 Å². The quantitative estimate of drug-likeness (QED) is 0.883. The highest BCUT2D eigenvalue weighted by Crippen LogP contribution is 2.14. The molecule has 3 heteroatoms. The van der Waals surface area contributed by atoms with Crippen LogP contribution in [-0.4, -0.2) is 24.5 Å². The molecule has 0 saturated heterocycles. The van der Waals surface area contributed by atoms with E-state index in [4.69, 9.17) is 17.3 Å². The normalized spacial score (nSPS) is 12.6. The van der Waals surface area contributed by atoms with E-state index < -0.39 is 0 Å². The van der Waals surface area contributed by atoms with Crippen molar-refractivity contribution < 1.29 is 0 Å². The van der Waals surface area contributed by atoms with Gasteiger partial charge in [-0.05, 0) is 36.7 Å². The Kier molecular flexibility index (Phi) is 5.60. The second kappa shape index (κ2) is 7.44. The van der Waals surface area contributed by atoms with Gasteiger partial charge in [0.25, 0.3) is 0 Å². The smallest absolute Gasteiger partial charge is 0.0409 e. The minimum atomic E-state index is 0.330. The molecule has 2 N–H and O–H groups in total. The van der Waals surface area contributed by atoms with E-state index in [-0.39, 0.29) is 0 Å².